The molecule has 3 nitrogen and oxygen atoms in total. The average molecular weight is 217 g/mol. The van der Waals surface area contributed by atoms with Crippen molar-refractivity contribution in [1.82, 2.24) is 0 Å². The fraction of sp³-hybridized carbons (Fsp3) is 0. The van der Waals surface area contributed by atoms with Crippen molar-refractivity contribution in [3.63, 3.8) is 0 Å². The van der Waals surface area contributed by atoms with Crippen molar-refractivity contribution in [3.05, 3.63) is 41.3 Å². The summed E-state index contributed by atoms with van der Waals surface area (Å²) in [7, 11) is 0. The number of thiophene rings is 1. The Morgan fingerprint density at radius 1 is 1.20 bits per heavy atom. The first-order valence-electron chi connectivity index (χ1n) is 4.47. The minimum absolute atomic E-state index is 0.0638. The van der Waals surface area contributed by atoms with Crippen molar-refractivity contribution in [2.24, 2.45) is 5.73 Å². The van der Waals surface area contributed by atoms with E-state index in [1.807, 2.05) is 36.4 Å². The van der Waals surface area contributed by atoms with E-state index in [9.17, 15) is 0 Å². The molecule has 76 valence electrons. The van der Waals surface area contributed by atoms with Crippen LogP contribution in [0.15, 0.2) is 36.4 Å². The Balaban J connectivity index is 2.50. The molecule has 0 saturated heterocycles. The maximum atomic E-state index is 7.34. The maximum absolute atomic E-state index is 7.34. The fourth-order valence-electron chi connectivity index (χ4n) is 1.38. The molecule has 0 spiro atoms. The summed E-state index contributed by atoms with van der Waals surface area (Å²) >= 11 is 1.35. The molecule has 2 rings (SSSR count). The Kier molecular flexibility index (Phi) is 2.43. The lowest BCUT2D eigenvalue weighted by molar-refractivity contribution is 1.45. The molecule has 15 heavy (non-hydrogen) atoms. The number of hydrogen-bond acceptors (Lipinski definition) is 3. The molecule has 5 N–H and O–H groups in total. The molecule has 1 heterocycles. The molecule has 1 aromatic heterocycles. The highest BCUT2D eigenvalue weighted by Crippen LogP contribution is 2.33. The normalized spacial score (nSPS) is 10.1. The van der Waals surface area contributed by atoms with Crippen LogP contribution in [-0.2, 0) is 0 Å². The van der Waals surface area contributed by atoms with Gasteiger partial charge in [0.05, 0.1) is 9.88 Å². The molecule has 0 aliphatic heterocycles. The zero-order chi connectivity index (χ0) is 10.8. The molecular formula is C11H11N3S. The van der Waals surface area contributed by atoms with Crippen LogP contribution in [-0.4, -0.2) is 5.84 Å². The lowest BCUT2D eigenvalue weighted by Gasteiger charge is -1.97. The Bertz CT molecular complexity index is 488. The van der Waals surface area contributed by atoms with Crippen LogP contribution in [0.3, 0.4) is 0 Å². The molecule has 0 aliphatic rings. The second kappa shape index (κ2) is 3.74. The van der Waals surface area contributed by atoms with Crippen molar-refractivity contribution < 1.29 is 0 Å². The molecule has 0 fully saturated rings. The standard InChI is InChI=1S/C11H11N3S/c12-10(13)9-6-8(11(14)15-9)7-4-2-1-3-5-7/h1-6H,14H2,(H3,12,13). The van der Waals surface area contributed by atoms with Crippen molar-refractivity contribution in [2.75, 3.05) is 5.73 Å². The van der Waals surface area contributed by atoms with Crippen molar-refractivity contribution >= 4 is 22.2 Å². The van der Waals surface area contributed by atoms with E-state index in [0.717, 1.165) is 11.1 Å². The van der Waals surface area contributed by atoms with Crippen molar-refractivity contribution in [3.8, 4) is 11.1 Å². The minimum Gasteiger partial charge on any atom is -0.390 e. The molecule has 4 heteroatoms. The molecule has 0 bridgehead atoms. The Morgan fingerprint density at radius 3 is 2.40 bits per heavy atom. The van der Waals surface area contributed by atoms with Gasteiger partial charge < -0.3 is 11.5 Å². The first-order valence-corrected chi connectivity index (χ1v) is 5.29. The number of nitrogens with one attached hydrogen (secondary N) is 1. The highest BCUT2D eigenvalue weighted by Gasteiger charge is 2.09. The predicted molar refractivity (Wildman–Crippen MR) is 65.2 cm³/mol. The third-order valence-electron chi connectivity index (χ3n) is 2.11. The van der Waals surface area contributed by atoms with E-state index in [0.29, 0.717) is 9.88 Å². The fourth-order valence-corrected chi connectivity index (χ4v) is 2.19. The lowest BCUT2D eigenvalue weighted by Crippen LogP contribution is -2.08. The lowest BCUT2D eigenvalue weighted by atomic mass is 10.1. The third-order valence-corrected chi connectivity index (χ3v) is 3.11. The van der Waals surface area contributed by atoms with Gasteiger partial charge in [0.15, 0.2) is 0 Å². The zero-order valence-corrected chi connectivity index (χ0v) is 8.84. The topological polar surface area (TPSA) is 75.9 Å². The molecule has 1 aromatic carbocycles. The van der Waals surface area contributed by atoms with Crippen LogP contribution in [0.25, 0.3) is 11.1 Å². The van der Waals surface area contributed by atoms with E-state index in [4.69, 9.17) is 16.9 Å². The molecule has 0 atom stereocenters. The van der Waals surface area contributed by atoms with Crippen LogP contribution >= 0.6 is 11.3 Å². The van der Waals surface area contributed by atoms with Crippen molar-refractivity contribution in [2.45, 2.75) is 0 Å². The largest absolute Gasteiger partial charge is 0.390 e. The molecule has 0 aliphatic carbocycles. The quantitative estimate of drug-likeness (QED) is 0.533. The van der Waals surface area contributed by atoms with Crippen LogP contribution in [0, 0.1) is 5.41 Å². The molecular weight excluding hydrogens is 206 g/mol. The average Bonchev–Trinajstić information content (AvgIpc) is 2.62. The van der Waals surface area contributed by atoms with Gasteiger partial charge >= 0.3 is 0 Å². The highest BCUT2D eigenvalue weighted by atomic mass is 32.1. The number of nitrogen functional groups attached to an aromatic ring is 2. The van der Waals surface area contributed by atoms with Gasteiger partial charge in [-0.1, -0.05) is 30.3 Å². The Morgan fingerprint density at radius 2 is 1.87 bits per heavy atom. The van der Waals surface area contributed by atoms with Crippen LogP contribution in [0.1, 0.15) is 4.88 Å². The summed E-state index contributed by atoms with van der Waals surface area (Å²) in [5.41, 5.74) is 13.3. The summed E-state index contributed by atoms with van der Waals surface area (Å²) in [5, 5.41) is 8.04. The number of hydrogen-bond donors (Lipinski definition) is 3. The number of nitrogens with two attached hydrogens (primary N) is 2. The van der Waals surface area contributed by atoms with Gasteiger partial charge in [0.1, 0.15) is 5.84 Å². The monoisotopic (exact) mass is 217 g/mol. The predicted octanol–water partition coefficient (Wildman–Crippen LogP) is 2.28. The molecule has 0 amide bonds. The van der Waals surface area contributed by atoms with Gasteiger partial charge in [0.25, 0.3) is 0 Å². The van der Waals surface area contributed by atoms with Crippen LogP contribution in [0.4, 0.5) is 5.00 Å². The first-order chi connectivity index (χ1) is 7.18. The molecule has 0 unspecified atom stereocenters. The van der Waals surface area contributed by atoms with E-state index in [-0.39, 0.29) is 5.84 Å². The van der Waals surface area contributed by atoms with Gasteiger partial charge in [-0.05, 0) is 11.6 Å². The SMILES string of the molecule is N=C(N)c1cc(-c2ccccc2)c(N)s1. The highest BCUT2D eigenvalue weighted by molar-refractivity contribution is 7.18. The summed E-state index contributed by atoms with van der Waals surface area (Å²) in [6.07, 6.45) is 0. The van der Waals surface area contributed by atoms with E-state index in [2.05, 4.69) is 0 Å². The Hall–Kier alpha value is -1.81. The second-order valence-corrected chi connectivity index (χ2v) is 4.25. The van der Waals surface area contributed by atoms with Gasteiger partial charge in [-0.3, -0.25) is 5.41 Å². The summed E-state index contributed by atoms with van der Waals surface area (Å²) < 4.78 is 0. The maximum Gasteiger partial charge on any atom is 0.133 e. The van der Waals surface area contributed by atoms with Gasteiger partial charge in [-0.15, -0.1) is 11.3 Å². The van der Waals surface area contributed by atoms with E-state index >= 15 is 0 Å². The van der Waals surface area contributed by atoms with Crippen LogP contribution in [0.2, 0.25) is 0 Å². The summed E-state index contributed by atoms with van der Waals surface area (Å²) in [4.78, 5) is 0.714. The molecule has 0 saturated carbocycles. The first kappa shape index (κ1) is 9.73. The van der Waals surface area contributed by atoms with Gasteiger partial charge in [0.2, 0.25) is 0 Å². The van der Waals surface area contributed by atoms with E-state index < -0.39 is 0 Å². The van der Waals surface area contributed by atoms with Crippen LogP contribution < -0.4 is 11.5 Å². The zero-order valence-electron chi connectivity index (χ0n) is 8.03. The minimum atomic E-state index is 0.0638. The molecule has 2 aromatic rings. The van der Waals surface area contributed by atoms with Crippen molar-refractivity contribution in [1.29, 1.82) is 5.41 Å². The number of anilines is 1. The number of rotatable bonds is 2. The molecule has 0 radical (unpaired) electrons. The number of amidine groups is 1. The summed E-state index contributed by atoms with van der Waals surface area (Å²) in [6, 6.07) is 11.7. The third kappa shape index (κ3) is 1.85. The van der Waals surface area contributed by atoms with Gasteiger partial charge in [-0.2, -0.15) is 0 Å². The summed E-state index contributed by atoms with van der Waals surface area (Å²) in [6.45, 7) is 0. The second-order valence-electron chi connectivity index (χ2n) is 3.17. The summed E-state index contributed by atoms with van der Waals surface area (Å²) in [5.74, 6) is 0.0638. The van der Waals surface area contributed by atoms with E-state index in [1.54, 1.807) is 0 Å². The van der Waals surface area contributed by atoms with Gasteiger partial charge in [-0.25, -0.2) is 0 Å². The number of benzene rings is 1. The van der Waals surface area contributed by atoms with Crippen LogP contribution in [0.5, 0.6) is 0 Å². The smallest absolute Gasteiger partial charge is 0.133 e. The van der Waals surface area contributed by atoms with E-state index in [1.165, 1.54) is 11.3 Å². The van der Waals surface area contributed by atoms with Gasteiger partial charge in [0, 0.05) is 5.56 Å². The Labute approximate surface area is 91.9 Å².